The number of benzene rings is 1. The second-order valence-corrected chi connectivity index (χ2v) is 7.20. The number of rotatable bonds is 4. The minimum absolute atomic E-state index is 0.0708. The largest absolute Gasteiger partial charge is 0.481 e. The lowest BCUT2D eigenvalue weighted by molar-refractivity contribution is -0.137. The van der Waals surface area contributed by atoms with Gasteiger partial charge in [-0.1, -0.05) is 19.1 Å². The van der Waals surface area contributed by atoms with Gasteiger partial charge in [0.1, 0.15) is 0 Å². The molecule has 0 amide bonds. The van der Waals surface area contributed by atoms with Crippen molar-refractivity contribution in [1.29, 1.82) is 0 Å². The van der Waals surface area contributed by atoms with Crippen molar-refractivity contribution in [3.05, 3.63) is 29.8 Å². The molecule has 0 saturated carbocycles. The summed E-state index contributed by atoms with van der Waals surface area (Å²) in [4.78, 5) is 10.7. The minimum Gasteiger partial charge on any atom is -0.481 e. The highest BCUT2D eigenvalue weighted by Crippen LogP contribution is 2.26. The van der Waals surface area contributed by atoms with Crippen LogP contribution in [0.4, 0.5) is 5.69 Å². The number of hydrogen-bond donors (Lipinski definition) is 1. The smallest absolute Gasteiger partial charge is 0.303 e. The van der Waals surface area contributed by atoms with E-state index in [1.807, 2.05) is 19.1 Å². The van der Waals surface area contributed by atoms with E-state index in [2.05, 4.69) is 0 Å². The van der Waals surface area contributed by atoms with E-state index in [1.165, 1.54) is 4.31 Å². The normalized spacial score (nSPS) is 19.6. The van der Waals surface area contributed by atoms with Crippen LogP contribution in [0.1, 0.15) is 37.7 Å². The van der Waals surface area contributed by atoms with Crippen molar-refractivity contribution in [3.63, 3.8) is 0 Å². The van der Waals surface area contributed by atoms with Crippen molar-refractivity contribution in [2.75, 3.05) is 16.6 Å². The summed E-state index contributed by atoms with van der Waals surface area (Å²) in [5, 5.41) is 8.78. The maximum Gasteiger partial charge on any atom is 0.303 e. The quantitative estimate of drug-likeness (QED) is 0.924. The first-order valence-electron chi connectivity index (χ1n) is 6.72. The Hall–Kier alpha value is -1.56. The Kier molecular flexibility index (Phi) is 4.32. The number of aliphatic carboxylic acids is 1. The molecule has 0 radical (unpaired) electrons. The molecule has 1 aliphatic rings. The zero-order valence-corrected chi connectivity index (χ0v) is 12.3. The highest BCUT2D eigenvalue weighted by Gasteiger charge is 2.25. The Morgan fingerprint density at radius 3 is 2.50 bits per heavy atom. The van der Waals surface area contributed by atoms with Crippen LogP contribution in [-0.2, 0) is 14.8 Å². The molecule has 1 heterocycles. The highest BCUT2D eigenvalue weighted by molar-refractivity contribution is 7.92. The van der Waals surface area contributed by atoms with Crippen molar-refractivity contribution < 1.29 is 18.3 Å². The van der Waals surface area contributed by atoms with Gasteiger partial charge < -0.3 is 5.11 Å². The molecule has 1 aromatic carbocycles. The maximum absolute atomic E-state index is 12.0. The molecule has 0 aromatic heterocycles. The summed E-state index contributed by atoms with van der Waals surface area (Å²) in [5.74, 6) is -0.718. The van der Waals surface area contributed by atoms with Crippen molar-refractivity contribution >= 4 is 21.7 Å². The Morgan fingerprint density at radius 1 is 1.30 bits per heavy atom. The van der Waals surface area contributed by atoms with Gasteiger partial charge in [0.05, 0.1) is 17.9 Å². The van der Waals surface area contributed by atoms with E-state index in [1.54, 1.807) is 12.1 Å². The van der Waals surface area contributed by atoms with E-state index in [-0.39, 0.29) is 18.1 Å². The van der Waals surface area contributed by atoms with Crippen molar-refractivity contribution in [2.45, 2.75) is 32.1 Å². The van der Waals surface area contributed by atoms with Crippen LogP contribution < -0.4 is 4.31 Å². The van der Waals surface area contributed by atoms with Gasteiger partial charge >= 0.3 is 5.97 Å². The fraction of sp³-hybridized carbons (Fsp3) is 0.500. The van der Waals surface area contributed by atoms with Crippen molar-refractivity contribution in [1.82, 2.24) is 0 Å². The molecule has 1 fully saturated rings. The zero-order valence-electron chi connectivity index (χ0n) is 11.4. The SMILES string of the molecule is CC(CC(=O)O)c1ccc(N2CCCCS2(=O)=O)cc1. The molecule has 20 heavy (non-hydrogen) atoms. The van der Waals surface area contributed by atoms with E-state index >= 15 is 0 Å². The molecule has 0 spiro atoms. The Balaban J connectivity index is 2.17. The van der Waals surface area contributed by atoms with E-state index < -0.39 is 16.0 Å². The average Bonchev–Trinajstić information content (AvgIpc) is 2.37. The van der Waals surface area contributed by atoms with Gasteiger partial charge in [0, 0.05) is 6.54 Å². The van der Waals surface area contributed by atoms with Crippen LogP contribution in [-0.4, -0.2) is 31.8 Å². The Morgan fingerprint density at radius 2 is 1.95 bits per heavy atom. The maximum atomic E-state index is 12.0. The van der Waals surface area contributed by atoms with E-state index in [4.69, 9.17) is 5.11 Å². The van der Waals surface area contributed by atoms with Crippen LogP contribution >= 0.6 is 0 Å². The summed E-state index contributed by atoms with van der Waals surface area (Å²) in [6.45, 7) is 2.37. The van der Waals surface area contributed by atoms with Gasteiger partial charge in [-0.05, 0) is 36.5 Å². The summed E-state index contributed by atoms with van der Waals surface area (Å²) in [6, 6.07) is 7.15. The van der Waals surface area contributed by atoms with Gasteiger partial charge in [0.25, 0.3) is 0 Å². The molecule has 0 aliphatic carbocycles. The molecule has 6 heteroatoms. The highest BCUT2D eigenvalue weighted by atomic mass is 32.2. The zero-order chi connectivity index (χ0) is 14.8. The number of anilines is 1. The fourth-order valence-corrected chi connectivity index (χ4v) is 4.07. The molecule has 1 saturated heterocycles. The third-order valence-electron chi connectivity index (χ3n) is 3.58. The summed E-state index contributed by atoms with van der Waals surface area (Å²) in [5.41, 5.74) is 1.57. The lowest BCUT2D eigenvalue weighted by Gasteiger charge is -2.28. The van der Waals surface area contributed by atoms with Crippen LogP contribution in [0.25, 0.3) is 0 Å². The average molecular weight is 297 g/mol. The van der Waals surface area contributed by atoms with Gasteiger partial charge in [0.2, 0.25) is 10.0 Å². The van der Waals surface area contributed by atoms with Gasteiger partial charge in [0.15, 0.2) is 0 Å². The van der Waals surface area contributed by atoms with Gasteiger partial charge in [-0.3, -0.25) is 9.10 Å². The number of sulfonamides is 1. The molecular formula is C14H19NO4S. The molecule has 0 bridgehead atoms. The summed E-state index contributed by atoms with van der Waals surface area (Å²) in [6.07, 6.45) is 1.66. The van der Waals surface area contributed by atoms with Crippen molar-refractivity contribution in [3.8, 4) is 0 Å². The van der Waals surface area contributed by atoms with E-state index in [9.17, 15) is 13.2 Å². The third-order valence-corrected chi connectivity index (χ3v) is 5.45. The standard InChI is InChI=1S/C14H19NO4S/c1-11(10-14(16)17)12-4-6-13(7-5-12)15-8-2-3-9-20(15,18)19/h4-7,11H,2-3,8-10H2,1H3,(H,16,17). The number of hydrogen-bond acceptors (Lipinski definition) is 3. The number of nitrogens with zero attached hydrogens (tertiary/aromatic N) is 1. The Labute approximate surface area is 119 Å². The van der Waals surface area contributed by atoms with Crippen LogP contribution in [0.3, 0.4) is 0 Å². The predicted octanol–water partition coefficient (Wildman–Crippen LogP) is 2.19. The molecule has 1 unspecified atom stereocenters. The third kappa shape index (κ3) is 3.30. The number of carbonyl (C=O) groups is 1. The first kappa shape index (κ1) is 14.8. The Bertz CT molecular complexity index is 580. The van der Waals surface area contributed by atoms with E-state index in [0.717, 1.165) is 12.0 Å². The van der Waals surface area contributed by atoms with Gasteiger partial charge in [-0.25, -0.2) is 8.42 Å². The second kappa shape index (κ2) is 5.83. The monoisotopic (exact) mass is 297 g/mol. The van der Waals surface area contributed by atoms with E-state index in [0.29, 0.717) is 18.7 Å². The first-order chi connectivity index (χ1) is 9.40. The fourth-order valence-electron chi connectivity index (χ4n) is 2.43. The van der Waals surface area contributed by atoms with Gasteiger partial charge in [-0.15, -0.1) is 0 Å². The summed E-state index contributed by atoms with van der Waals surface area (Å²) < 4.78 is 25.4. The molecule has 2 rings (SSSR count). The number of carboxylic acid groups (broad SMARTS) is 1. The summed E-state index contributed by atoms with van der Waals surface area (Å²) in [7, 11) is -3.19. The minimum atomic E-state index is -3.19. The predicted molar refractivity (Wildman–Crippen MR) is 77.5 cm³/mol. The van der Waals surface area contributed by atoms with Crippen molar-refractivity contribution in [2.24, 2.45) is 0 Å². The lowest BCUT2D eigenvalue weighted by atomic mass is 9.98. The van der Waals surface area contributed by atoms with Crippen LogP contribution in [0, 0.1) is 0 Å². The van der Waals surface area contributed by atoms with Crippen LogP contribution in [0.2, 0.25) is 0 Å². The molecule has 1 aromatic rings. The molecular weight excluding hydrogens is 278 g/mol. The van der Waals surface area contributed by atoms with Crippen LogP contribution in [0.5, 0.6) is 0 Å². The van der Waals surface area contributed by atoms with Gasteiger partial charge in [-0.2, -0.15) is 0 Å². The summed E-state index contributed by atoms with van der Waals surface area (Å²) >= 11 is 0. The molecule has 1 N–H and O–H groups in total. The van der Waals surface area contributed by atoms with Crippen LogP contribution in [0.15, 0.2) is 24.3 Å². The molecule has 1 atom stereocenters. The second-order valence-electron chi connectivity index (χ2n) is 5.19. The number of carboxylic acids is 1. The molecule has 1 aliphatic heterocycles. The lowest BCUT2D eigenvalue weighted by Crippen LogP contribution is -2.37. The first-order valence-corrected chi connectivity index (χ1v) is 8.33. The topological polar surface area (TPSA) is 74.7 Å². The molecule has 110 valence electrons. The molecule has 5 nitrogen and oxygen atoms in total.